The molecule has 2 aromatic rings. The number of aryl methyl sites for hydroxylation is 2. The van der Waals surface area contributed by atoms with Gasteiger partial charge in [-0.05, 0) is 74.7 Å². The molecular weight excluding hydrogens is 364 g/mol. The van der Waals surface area contributed by atoms with E-state index in [-0.39, 0.29) is 0 Å². The Kier molecular flexibility index (Phi) is 7.40. The van der Waals surface area contributed by atoms with Gasteiger partial charge < -0.3 is 19.5 Å². The van der Waals surface area contributed by atoms with E-state index in [1.807, 2.05) is 12.1 Å². The second-order valence-electron chi connectivity index (χ2n) is 7.96. The molecule has 0 saturated carbocycles. The topological polar surface area (TPSA) is 45.2 Å². The molecule has 1 saturated heterocycles. The van der Waals surface area contributed by atoms with Crippen molar-refractivity contribution in [2.45, 2.75) is 33.3 Å². The third-order valence-corrected chi connectivity index (χ3v) is 5.79. The van der Waals surface area contributed by atoms with E-state index in [0.29, 0.717) is 13.2 Å². The van der Waals surface area contributed by atoms with Gasteiger partial charge in [0.15, 0.2) is 0 Å². The third-order valence-electron chi connectivity index (χ3n) is 5.79. The molecule has 5 nitrogen and oxygen atoms in total. The Hall–Kier alpha value is -2.24. The molecule has 0 amide bonds. The monoisotopic (exact) mass is 398 g/mol. The highest BCUT2D eigenvalue weighted by atomic mass is 16.5. The number of hydrogen-bond acceptors (Lipinski definition) is 5. The Labute approximate surface area is 174 Å². The molecule has 0 radical (unpaired) electrons. The van der Waals surface area contributed by atoms with Crippen molar-refractivity contribution < 1.29 is 14.6 Å². The lowest BCUT2D eigenvalue weighted by Gasteiger charge is -2.25. The number of benzene rings is 2. The lowest BCUT2D eigenvalue weighted by Crippen LogP contribution is -2.38. The van der Waals surface area contributed by atoms with Crippen LogP contribution in [-0.2, 0) is 0 Å². The van der Waals surface area contributed by atoms with Gasteiger partial charge in [0.1, 0.15) is 24.2 Å². The Balaban J connectivity index is 1.50. The molecule has 5 heteroatoms. The number of β-amino-alcohol motifs (C(OH)–C–C–N with tert-alkyl or cyclic N) is 1. The van der Waals surface area contributed by atoms with Crippen LogP contribution in [0.25, 0.3) is 0 Å². The standard InChI is InChI=1S/C24H34N2O3/c1-18-6-7-19(2)24(20(18)3)29-17-22(27)16-25-12-5-13-26(15-14-25)21-8-10-23(28-4)11-9-21/h6-11,22,27H,5,12-17H2,1-4H3. The molecule has 0 aromatic heterocycles. The number of anilines is 1. The summed E-state index contributed by atoms with van der Waals surface area (Å²) in [6.07, 6.45) is 0.581. The maximum atomic E-state index is 10.6. The van der Waals surface area contributed by atoms with Crippen LogP contribution in [0.2, 0.25) is 0 Å². The summed E-state index contributed by atoms with van der Waals surface area (Å²) in [6.45, 7) is 11.1. The van der Waals surface area contributed by atoms with Crippen molar-refractivity contribution in [1.29, 1.82) is 0 Å². The van der Waals surface area contributed by atoms with Crippen LogP contribution < -0.4 is 14.4 Å². The average Bonchev–Trinajstić information content (AvgIpc) is 2.96. The number of aliphatic hydroxyl groups is 1. The summed E-state index contributed by atoms with van der Waals surface area (Å²) in [5.74, 6) is 1.79. The Morgan fingerprint density at radius 3 is 2.38 bits per heavy atom. The molecule has 1 atom stereocenters. The van der Waals surface area contributed by atoms with Crippen LogP contribution in [0.4, 0.5) is 5.69 Å². The molecule has 3 rings (SSSR count). The number of ether oxygens (including phenoxy) is 2. The third kappa shape index (κ3) is 5.64. The van der Waals surface area contributed by atoms with Gasteiger partial charge in [-0.2, -0.15) is 0 Å². The van der Waals surface area contributed by atoms with Crippen molar-refractivity contribution in [3.63, 3.8) is 0 Å². The van der Waals surface area contributed by atoms with Gasteiger partial charge in [0, 0.05) is 31.9 Å². The van der Waals surface area contributed by atoms with E-state index in [1.165, 1.54) is 11.3 Å². The molecule has 1 unspecified atom stereocenters. The Bertz CT molecular complexity index is 791. The van der Waals surface area contributed by atoms with Crippen molar-refractivity contribution >= 4 is 5.69 Å². The van der Waals surface area contributed by atoms with Crippen LogP contribution in [0.15, 0.2) is 36.4 Å². The van der Waals surface area contributed by atoms with E-state index in [4.69, 9.17) is 9.47 Å². The van der Waals surface area contributed by atoms with Crippen molar-refractivity contribution in [2.75, 3.05) is 51.3 Å². The summed E-state index contributed by atoms with van der Waals surface area (Å²) in [6, 6.07) is 12.4. The first kappa shape index (κ1) is 21.5. The molecule has 1 aliphatic heterocycles. The first-order valence-corrected chi connectivity index (χ1v) is 10.5. The quantitative estimate of drug-likeness (QED) is 0.773. The van der Waals surface area contributed by atoms with Crippen molar-refractivity contribution in [3.05, 3.63) is 53.1 Å². The van der Waals surface area contributed by atoms with Gasteiger partial charge in [-0.25, -0.2) is 0 Å². The van der Waals surface area contributed by atoms with E-state index >= 15 is 0 Å². The Morgan fingerprint density at radius 2 is 1.66 bits per heavy atom. The fourth-order valence-corrected chi connectivity index (χ4v) is 3.88. The lowest BCUT2D eigenvalue weighted by molar-refractivity contribution is 0.0700. The van der Waals surface area contributed by atoms with Gasteiger partial charge in [0.05, 0.1) is 7.11 Å². The summed E-state index contributed by atoms with van der Waals surface area (Å²) in [7, 11) is 1.69. The molecule has 1 heterocycles. The molecule has 1 aliphatic rings. The first-order chi connectivity index (χ1) is 14.0. The minimum Gasteiger partial charge on any atom is -0.497 e. The highest BCUT2D eigenvalue weighted by Gasteiger charge is 2.19. The fraction of sp³-hybridized carbons (Fsp3) is 0.500. The molecule has 2 aromatic carbocycles. The normalized spacial score (nSPS) is 16.4. The first-order valence-electron chi connectivity index (χ1n) is 10.5. The van der Waals surface area contributed by atoms with Crippen LogP contribution in [0.5, 0.6) is 11.5 Å². The number of hydrogen-bond donors (Lipinski definition) is 1. The molecular formula is C24H34N2O3. The van der Waals surface area contributed by atoms with Gasteiger partial charge in [0.25, 0.3) is 0 Å². The van der Waals surface area contributed by atoms with E-state index in [2.05, 4.69) is 54.8 Å². The smallest absolute Gasteiger partial charge is 0.125 e. The molecule has 158 valence electrons. The SMILES string of the molecule is COc1ccc(N2CCCN(CC(O)COc3c(C)ccc(C)c3C)CC2)cc1. The van der Waals surface area contributed by atoms with E-state index in [9.17, 15) is 5.11 Å². The van der Waals surface area contributed by atoms with E-state index in [1.54, 1.807) is 7.11 Å². The van der Waals surface area contributed by atoms with E-state index in [0.717, 1.165) is 55.2 Å². The van der Waals surface area contributed by atoms with Crippen LogP contribution in [0, 0.1) is 20.8 Å². The summed E-state index contributed by atoms with van der Waals surface area (Å²) >= 11 is 0. The lowest BCUT2D eigenvalue weighted by atomic mass is 10.1. The van der Waals surface area contributed by atoms with Crippen LogP contribution >= 0.6 is 0 Å². The largest absolute Gasteiger partial charge is 0.497 e. The van der Waals surface area contributed by atoms with Gasteiger partial charge in [-0.1, -0.05) is 12.1 Å². The average molecular weight is 399 g/mol. The van der Waals surface area contributed by atoms with Gasteiger partial charge in [-0.3, -0.25) is 4.90 Å². The van der Waals surface area contributed by atoms with Gasteiger partial charge in [0.2, 0.25) is 0 Å². The number of rotatable bonds is 7. The summed E-state index contributed by atoms with van der Waals surface area (Å²) in [4.78, 5) is 4.75. The molecule has 0 aliphatic carbocycles. The number of methoxy groups -OCH3 is 1. The zero-order valence-electron chi connectivity index (χ0n) is 18.1. The predicted octanol–water partition coefficient (Wildman–Crippen LogP) is 3.57. The Morgan fingerprint density at radius 1 is 0.931 bits per heavy atom. The van der Waals surface area contributed by atoms with Crippen LogP contribution in [-0.4, -0.2) is 62.6 Å². The molecule has 29 heavy (non-hydrogen) atoms. The zero-order chi connectivity index (χ0) is 20.8. The highest BCUT2D eigenvalue weighted by Crippen LogP contribution is 2.26. The maximum absolute atomic E-state index is 10.6. The van der Waals surface area contributed by atoms with Crippen molar-refractivity contribution in [3.8, 4) is 11.5 Å². The minimum absolute atomic E-state index is 0.323. The molecule has 1 N–H and O–H groups in total. The van der Waals surface area contributed by atoms with Crippen LogP contribution in [0.1, 0.15) is 23.1 Å². The number of nitrogens with zero attached hydrogens (tertiary/aromatic N) is 2. The molecule has 1 fully saturated rings. The number of aliphatic hydroxyl groups excluding tert-OH is 1. The second kappa shape index (κ2) is 9.99. The predicted molar refractivity (Wildman–Crippen MR) is 118 cm³/mol. The van der Waals surface area contributed by atoms with Crippen molar-refractivity contribution in [1.82, 2.24) is 4.90 Å². The van der Waals surface area contributed by atoms with Crippen molar-refractivity contribution in [2.24, 2.45) is 0 Å². The molecule has 0 bridgehead atoms. The summed E-state index contributed by atoms with van der Waals surface area (Å²) < 4.78 is 11.2. The van der Waals surface area contributed by atoms with Gasteiger partial charge >= 0.3 is 0 Å². The fourth-order valence-electron chi connectivity index (χ4n) is 3.88. The summed E-state index contributed by atoms with van der Waals surface area (Å²) in [5.41, 5.74) is 4.71. The van der Waals surface area contributed by atoms with E-state index < -0.39 is 6.10 Å². The molecule has 0 spiro atoms. The second-order valence-corrected chi connectivity index (χ2v) is 7.96. The summed E-state index contributed by atoms with van der Waals surface area (Å²) in [5, 5.41) is 10.6. The van der Waals surface area contributed by atoms with Crippen LogP contribution in [0.3, 0.4) is 0 Å². The zero-order valence-corrected chi connectivity index (χ0v) is 18.1. The highest BCUT2D eigenvalue weighted by molar-refractivity contribution is 5.49. The minimum atomic E-state index is -0.498. The van der Waals surface area contributed by atoms with Gasteiger partial charge in [-0.15, -0.1) is 0 Å². The maximum Gasteiger partial charge on any atom is 0.125 e.